The van der Waals surface area contributed by atoms with Crippen LogP contribution in [0.3, 0.4) is 0 Å². The number of hydrogen-bond acceptors (Lipinski definition) is 5. The first kappa shape index (κ1) is 17.7. The third-order valence-electron chi connectivity index (χ3n) is 3.63. The first-order valence-electron chi connectivity index (χ1n) is 7.66. The lowest BCUT2D eigenvalue weighted by atomic mass is 10.1. The molecule has 0 atom stereocenters. The molecule has 1 aromatic heterocycles. The minimum absolute atomic E-state index is 0.0392. The predicted octanol–water partition coefficient (Wildman–Crippen LogP) is 3.96. The van der Waals surface area contributed by atoms with Crippen LogP contribution in [-0.4, -0.2) is 21.8 Å². The van der Waals surface area contributed by atoms with Gasteiger partial charge in [-0.05, 0) is 48.2 Å². The average molecular weight is 367 g/mol. The number of rotatable bonds is 5. The normalized spacial score (nSPS) is 10.3. The van der Waals surface area contributed by atoms with Crippen LogP contribution < -0.4 is 0 Å². The predicted molar refractivity (Wildman–Crippen MR) is 95.6 cm³/mol. The van der Waals surface area contributed by atoms with Crippen LogP contribution in [0, 0.1) is 17.1 Å². The Morgan fingerprint density at radius 3 is 2.77 bits per heavy atom. The number of carbonyl (C=O) groups excluding carboxylic acids is 1. The number of hydrogen-bond donors (Lipinski definition) is 0. The lowest BCUT2D eigenvalue weighted by Gasteiger charge is -2.11. The van der Waals surface area contributed by atoms with Crippen molar-refractivity contribution in [3.8, 4) is 11.8 Å². The quantitative estimate of drug-likeness (QED) is 0.504. The highest BCUT2D eigenvalue weighted by Gasteiger charge is 2.19. The summed E-state index contributed by atoms with van der Waals surface area (Å²) in [5.74, 6) is -0.912. The van der Waals surface area contributed by atoms with E-state index in [0.29, 0.717) is 16.4 Å². The molecule has 0 aliphatic heterocycles. The Morgan fingerprint density at radius 2 is 2.08 bits per heavy atom. The van der Waals surface area contributed by atoms with Crippen LogP contribution in [0.2, 0.25) is 0 Å². The highest BCUT2D eigenvalue weighted by Crippen LogP contribution is 2.23. The molecule has 0 N–H and O–H groups in total. The molecule has 26 heavy (non-hydrogen) atoms. The van der Waals surface area contributed by atoms with E-state index in [-0.39, 0.29) is 18.1 Å². The van der Waals surface area contributed by atoms with Crippen LogP contribution in [0.1, 0.15) is 21.6 Å². The summed E-state index contributed by atoms with van der Waals surface area (Å²) in [6, 6.07) is 14.7. The number of aromatic nitrogens is 2. The fourth-order valence-electron chi connectivity index (χ4n) is 2.42. The molecule has 0 saturated heterocycles. The van der Waals surface area contributed by atoms with E-state index in [1.807, 2.05) is 12.3 Å². The average Bonchev–Trinajstić information content (AvgIpc) is 3.11. The second-order valence-corrected chi connectivity index (χ2v) is 6.10. The molecule has 7 heteroatoms. The van der Waals surface area contributed by atoms with Gasteiger partial charge in [-0.25, -0.2) is 14.2 Å². The molecule has 1 heterocycles. The zero-order chi connectivity index (χ0) is 18.5. The maximum atomic E-state index is 13.2. The summed E-state index contributed by atoms with van der Waals surface area (Å²) in [6.07, 6.45) is 3.27. The Balaban J connectivity index is 1.84. The van der Waals surface area contributed by atoms with Crippen LogP contribution in [0.15, 0.2) is 59.9 Å². The maximum absolute atomic E-state index is 13.2. The zero-order valence-corrected chi connectivity index (χ0v) is 14.7. The van der Waals surface area contributed by atoms with Gasteiger partial charge in [0.15, 0.2) is 10.9 Å². The van der Waals surface area contributed by atoms with E-state index in [0.717, 1.165) is 5.56 Å². The van der Waals surface area contributed by atoms with Crippen molar-refractivity contribution in [2.75, 3.05) is 6.26 Å². The highest BCUT2D eigenvalue weighted by molar-refractivity contribution is 7.98. The zero-order valence-electron chi connectivity index (χ0n) is 13.8. The molecule has 0 amide bonds. The molecule has 0 fully saturated rings. The molecule has 2 aromatic carbocycles. The van der Waals surface area contributed by atoms with Gasteiger partial charge in [0.05, 0.1) is 17.8 Å². The summed E-state index contributed by atoms with van der Waals surface area (Å²) in [5.41, 5.74) is 2.08. The molecule has 0 aliphatic carbocycles. The summed E-state index contributed by atoms with van der Waals surface area (Å²) in [7, 11) is 0. The molecule has 0 saturated carbocycles. The van der Waals surface area contributed by atoms with Gasteiger partial charge < -0.3 is 4.74 Å². The summed E-state index contributed by atoms with van der Waals surface area (Å²) < 4.78 is 20.2. The molecule has 3 aromatic rings. The van der Waals surface area contributed by atoms with Crippen molar-refractivity contribution in [2.24, 2.45) is 0 Å². The van der Waals surface area contributed by atoms with Crippen LogP contribution >= 0.6 is 11.8 Å². The van der Waals surface area contributed by atoms with Crippen molar-refractivity contribution in [2.45, 2.75) is 11.8 Å². The van der Waals surface area contributed by atoms with Gasteiger partial charge >= 0.3 is 5.97 Å². The SMILES string of the molecule is CSc1ncc(C(=O)OCc2cccc(C#N)c2)n1-c1ccc(F)cc1. The van der Waals surface area contributed by atoms with Crippen molar-refractivity contribution in [3.05, 3.63) is 77.4 Å². The number of ether oxygens (including phenoxy) is 1. The minimum atomic E-state index is -0.551. The van der Waals surface area contributed by atoms with Crippen molar-refractivity contribution >= 4 is 17.7 Å². The van der Waals surface area contributed by atoms with E-state index in [2.05, 4.69) is 4.98 Å². The lowest BCUT2D eigenvalue weighted by Crippen LogP contribution is -2.12. The molecule has 3 rings (SSSR count). The van der Waals surface area contributed by atoms with Crippen molar-refractivity contribution in [3.63, 3.8) is 0 Å². The Kier molecular flexibility index (Phi) is 5.34. The number of carbonyl (C=O) groups is 1. The Hall–Kier alpha value is -3.11. The smallest absolute Gasteiger partial charge is 0.357 e. The van der Waals surface area contributed by atoms with E-state index in [4.69, 9.17) is 10.00 Å². The molecule has 0 spiro atoms. The number of thioether (sulfide) groups is 1. The molecular weight excluding hydrogens is 353 g/mol. The minimum Gasteiger partial charge on any atom is -0.456 e. The number of benzene rings is 2. The van der Waals surface area contributed by atoms with Gasteiger partial charge in [0.2, 0.25) is 0 Å². The van der Waals surface area contributed by atoms with E-state index in [1.54, 1.807) is 41.0 Å². The summed E-state index contributed by atoms with van der Waals surface area (Å²) in [5, 5.41) is 9.52. The van der Waals surface area contributed by atoms with E-state index < -0.39 is 5.97 Å². The molecule has 5 nitrogen and oxygen atoms in total. The van der Waals surface area contributed by atoms with E-state index in [1.165, 1.54) is 30.1 Å². The van der Waals surface area contributed by atoms with Crippen molar-refractivity contribution in [1.29, 1.82) is 5.26 Å². The highest BCUT2D eigenvalue weighted by atomic mass is 32.2. The van der Waals surface area contributed by atoms with E-state index in [9.17, 15) is 9.18 Å². The third-order valence-corrected chi connectivity index (χ3v) is 4.29. The first-order chi connectivity index (χ1) is 12.6. The topological polar surface area (TPSA) is 67.9 Å². The van der Waals surface area contributed by atoms with Crippen LogP contribution in [-0.2, 0) is 11.3 Å². The number of nitriles is 1. The van der Waals surface area contributed by atoms with Gasteiger partial charge in [-0.3, -0.25) is 4.57 Å². The maximum Gasteiger partial charge on any atom is 0.357 e. The fourth-order valence-corrected chi connectivity index (χ4v) is 2.96. The van der Waals surface area contributed by atoms with Crippen LogP contribution in [0.5, 0.6) is 0 Å². The molecule has 0 radical (unpaired) electrons. The first-order valence-corrected chi connectivity index (χ1v) is 8.88. The summed E-state index contributed by atoms with van der Waals surface area (Å²) >= 11 is 1.37. The lowest BCUT2D eigenvalue weighted by molar-refractivity contribution is 0.0462. The number of halogens is 1. The van der Waals surface area contributed by atoms with Gasteiger partial charge in [0.1, 0.15) is 12.4 Å². The van der Waals surface area contributed by atoms with Crippen molar-refractivity contribution in [1.82, 2.24) is 9.55 Å². The third kappa shape index (κ3) is 3.76. The molecule has 0 unspecified atom stereocenters. The fraction of sp³-hybridized carbons (Fsp3) is 0.105. The van der Waals surface area contributed by atoms with Gasteiger partial charge in [0.25, 0.3) is 0 Å². The van der Waals surface area contributed by atoms with Gasteiger partial charge in [0, 0.05) is 5.69 Å². The molecule has 130 valence electrons. The summed E-state index contributed by atoms with van der Waals surface area (Å²) in [4.78, 5) is 16.8. The number of nitrogens with zero attached hydrogens (tertiary/aromatic N) is 3. The van der Waals surface area contributed by atoms with Gasteiger partial charge in [-0.15, -0.1) is 0 Å². The van der Waals surface area contributed by atoms with Crippen molar-refractivity contribution < 1.29 is 13.9 Å². The number of imidazole rings is 1. The monoisotopic (exact) mass is 367 g/mol. The second-order valence-electron chi connectivity index (χ2n) is 5.33. The van der Waals surface area contributed by atoms with E-state index >= 15 is 0 Å². The van der Waals surface area contributed by atoms with Gasteiger partial charge in [-0.2, -0.15) is 5.26 Å². The van der Waals surface area contributed by atoms with Crippen LogP contribution in [0.25, 0.3) is 5.69 Å². The number of esters is 1. The Morgan fingerprint density at radius 1 is 1.31 bits per heavy atom. The standard InChI is InChI=1S/C19H14FN3O2S/c1-26-19-22-11-17(23(19)16-7-5-15(20)6-8-16)18(24)25-12-14-4-2-3-13(9-14)10-21/h2-9,11H,12H2,1H3. The second kappa shape index (κ2) is 7.85. The summed E-state index contributed by atoms with van der Waals surface area (Å²) in [6.45, 7) is 0.0392. The molecular formula is C19H14FN3O2S. The Labute approximate surface area is 154 Å². The van der Waals surface area contributed by atoms with Gasteiger partial charge in [-0.1, -0.05) is 23.9 Å². The molecule has 0 aliphatic rings. The Bertz CT molecular complexity index is 977. The largest absolute Gasteiger partial charge is 0.456 e. The molecule has 0 bridgehead atoms. The van der Waals surface area contributed by atoms with Crippen LogP contribution in [0.4, 0.5) is 4.39 Å².